The van der Waals surface area contributed by atoms with E-state index in [0.717, 1.165) is 19.6 Å². The van der Waals surface area contributed by atoms with Gasteiger partial charge in [-0.3, -0.25) is 4.90 Å². The number of likely N-dealkylation sites (N-methyl/N-ethyl adjacent to an activating group) is 1. The van der Waals surface area contributed by atoms with E-state index in [-0.39, 0.29) is 0 Å². The van der Waals surface area contributed by atoms with Crippen LogP contribution in [-0.2, 0) is 0 Å². The molecule has 2 nitrogen and oxygen atoms in total. The van der Waals surface area contributed by atoms with Gasteiger partial charge in [-0.25, -0.2) is 0 Å². The van der Waals surface area contributed by atoms with E-state index in [9.17, 15) is 0 Å². The highest BCUT2D eigenvalue weighted by Gasteiger charge is 2.13. The lowest BCUT2D eigenvalue weighted by atomic mass is 9.97. The van der Waals surface area contributed by atoms with Crippen molar-refractivity contribution in [3.8, 4) is 0 Å². The predicted octanol–water partition coefficient (Wildman–Crippen LogP) is 3.37. The molecule has 2 aromatic rings. The fourth-order valence-electron chi connectivity index (χ4n) is 2.89. The third kappa shape index (κ3) is 3.85. The summed E-state index contributed by atoms with van der Waals surface area (Å²) in [4.78, 5) is 4.93. The molecule has 1 saturated heterocycles. The van der Waals surface area contributed by atoms with Crippen molar-refractivity contribution in [1.29, 1.82) is 0 Å². The van der Waals surface area contributed by atoms with Crippen LogP contribution in [0.4, 0.5) is 0 Å². The number of rotatable bonds is 4. The Morgan fingerprint density at radius 3 is 1.82 bits per heavy atom. The maximum absolute atomic E-state index is 2.53. The fraction of sp³-hybridized carbons (Fsp3) is 0.300. The molecule has 1 aliphatic heterocycles. The zero-order valence-electron chi connectivity index (χ0n) is 13.3. The van der Waals surface area contributed by atoms with Crippen molar-refractivity contribution in [2.75, 3.05) is 39.8 Å². The summed E-state index contributed by atoms with van der Waals surface area (Å²) in [6.07, 6.45) is 2.38. The third-order valence-electron chi connectivity index (χ3n) is 4.32. The summed E-state index contributed by atoms with van der Waals surface area (Å²) in [6.45, 7) is 5.67. The number of hydrogen-bond donors (Lipinski definition) is 0. The summed E-state index contributed by atoms with van der Waals surface area (Å²) >= 11 is 0. The molecule has 114 valence electrons. The Morgan fingerprint density at radius 2 is 1.32 bits per heavy atom. The molecule has 22 heavy (non-hydrogen) atoms. The minimum absolute atomic E-state index is 1.02. The number of piperazine rings is 1. The molecule has 0 saturated carbocycles. The lowest BCUT2D eigenvalue weighted by molar-refractivity contribution is 0.166. The molecule has 0 spiro atoms. The molecule has 1 aliphatic rings. The molecule has 0 bridgehead atoms. The summed E-state index contributed by atoms with van der Waals surface area (Å²) in [7, 11) is 2.20. The van der Waals surface area contributed by atoms with Crippen LogP contribution in [0.15, 0.2) is 66.7 Å². The van der Waals surface area contributed by atoms with E-state index in [1.54, 1.807) is 0 Å². The zero-order chi connectivity index (χ0) is 15.2. The van der Waals surface area contributed by atoms with Crippen molar-refractivity contribution in [3.63, 3.8) is 0 Å². The van der Waals surface area contributed by atoms with E-state index in [1.165, 1.54) is 29.8 Å². The molecule has 0 radical (unpaired) electrons. The highest BCUT2D eigenvalue weighted by molar-refractivity contribution is 5.79. The molecule has 0 unspecified atom stereocenters. The van der Waals surface area contributed by atoms with Gasteiger partial charge in [0.1, 0.15) is 0 Å². The van der Waals surface area contributed by atoms with Gasteiger partial charge in [-0.1, -0.05) is 66.7 Å². The lowest BCUT2D eigenvalue weighted by Crippen LogP contribution is -2.44. The molecule has 3 rings (SSSR count). The van der Waals surface area contributed by atoms with Crippen LogP contribution in [0.2, 0.25) is 0 Å². The second-order valence-corrected chi connectivity index (χ2v) is 5.95. The lowest BCUT2D eigenvalue weighted by Gasteiger charge is -2.31. The Balaban J connectivity index is 1.81. The van der Waals surface area contributed by atoms with E-state index in [4.69, 9.17) is 0 Å². The molecule has 0 aromatic heterocycles. The van der Waals surface area contributed by atoms with Crippen LogP contribution in [0, 0.1) is 0 Å². The molecule has 1 fully saturated rings. The molecule has 0 amide bonds. The molecule has 0 aliphatic carbocycles. The van der Waals surface area contributed by atoms with Crippen molar-refractivity contribution < 1.29 is 0 Å². The van der Waals surface area contributed by atoms with Crippen LogP contribution < -0.4 is 0 Å². The first-order valence-electron chi connectivity index (χ1n) is 8.05. The Morgan fingerprint density at radius 1 is 0.818 bits per heavy atom. The van der Waals surface area contributed by atoms with Gasteiger partial charge in [0.25, 0.3) is 0 Å². The summed E-state index contributed by atoms with van der Waals surface area (Å²) in [5.74, 6) is 0. The largest absolute Gasteiger partial charge is 0.304 e. The topological polar surface area (TPSA) is 6.48 Å². The molecule has 0 atom stereocenters. The zero-order valence-corrected chi connectivity index (χ0v) is 13.3. The Labute approximate surface area is 133 Å². The predicted molar refractivity (Wildman–Crippen MR) is 93.9 cm³/mol. The summed E-state index contributed by atoms with van der Waals surface area (Å²) in [6, 6.07) is 21.4. The Kier molecular flexibility index (Phi) is 5.04. The van der Waals surface area contributed by atoms with Gasteiger partial charge in [0, 0.05) is 32.7 Å². The normalized spacial score (nSPS) is 16.4. The average Bonchev–Trinajstić information content (AvgIpc) is 2.59. The second kappa shape index (κ2) is 7.39. The van der Waals surface area contributed by atoms with Gasteiger partial charge >= 0.3 is 0 Å². The molecule has 0 N–H and O–H groups in total. The van der Waals surface area contributed by atoms with Crippen LogP contribution in [0.3, 0.4) is 0 Å². The number of nitrogens with zero attached hydrogens (tertiary/aromatic N) is 2. The fourth-order valence-corrected chi connectivity index (χ4v) is 2.89. The summed E-state index contributed by atoms with van der Waals surface area (Å²) in [5, 5.41) is 0. The quantitative estimate of drug-likeness (QED) is 0.852. The van der Waals surface area contributed by atoms with Gasteiger partial charge in [0.15, 0.2) is 0 Å². The Hall–Kier alpha value is -1.90. The highest BCUT2D eigenvalue weighted by Crippen LogP contribution is 2.23. The van der Waals surface area contributed by atoms with E-state index in [0.29, 0.717) is 0 Å². The van der Waals surface area contributed by atoms with E-state index >= 15 is 0 Å². The Bertz CT molecular complexity index is 555. The SMILES string of the molecule is CN1CCN(CC=C(c2ccccc2)c2ccccc2)CC1. The second-order valence-electron chi connectivity index (χ2n) is 5.95. The van der Waals surface area contributed by atoms with Crippen molar-refractivity contribution in [3.05, 3.63) is 77.9 Å². The molecule has 2 heteroatoms. The van der Waals surface area contributed by atoms with E-state index in [1.807, 2.05) is 0 Å². The minimum atomic E-state index is 1.02. The minimum Gasteiger partial charge on any atom is -0.304 e. The van der Waals surface area contributed by atoms with Gasteiger partial charge in [-0.05, 0) is 23.7 Å². The third-order valence-corrected chi connectivity index (χ3v) is 4.32. The van der Waals surface area contributed by atoms with E-state index in [2.05, 4.69) is 83.6 Å². The first kappa shape index (κ1) is 15.0. The van der Waals surface area contributed by atoms with E-state index < -0.39 is 0 Å². The van der Waals surface area contributed by atoms with Crippen LogP contribution in [0.1, 0.15) is 11.1 Å². The van der Waals surface area contributed by atoms with Crippen LogP contribution >= 0.6 is 0 Å². The monoisotopic (exact) mass is 292 g/mol. The number of hydrogen-bond acceptors (Lipinski definition) is 2. The summed E-state index contributed by atoms with van der Waals surface area (Å²) < 4.78 is 0. The maximum atomic E-state index is 2.53. The van der Waals surface area contributed by atoms with Gasteiger partial charge in [-0.15, -0.1) is 0 Å². The van der Waals surface area contributed by atoms with Crippen LogP contribution in [0.5, 0.6) is 0 Å². The van der Waals surface area contributed by atoms with Crippen molar-refractivity contribution >= 4 is 5.57 Å². The van der Waals surface area contributed by atoms with Crippen LogP contribution in [0.25, 0.3) is 5.57 Å². The molecule has 1 heterocycles. The molecular formula is C20H24N2. The summed E-state index contributed by atoms with van der Waals surface area (Å²) in [5.41, 5.74) is 3.92. The van der Waals surface area contributed by atoms with Crippen molar-refractivity contribution in [2.24, 2.45) is 0 Å². The first-order chi connectivity index (χ1) is 10.8. The van der Waals surface area contributed by atoms with Gasteiger partial charge in [0.05, 0.1) is 0 Å². The smallest absolute Gasteiger partial charge is 0.0173 e. The first-order valence-corrected chi connectivity index (χ1v) is 8.05. The highest BCUT2D eigenvalue weighted by atomic mass is 15.2. The van der Waals surface area contributed by atoms with Gasteiger partial charge < -0.3 is 4.90 Å². The van der Waals surface area contributed by atoms with Gasteiger partial charge in [-0.2, -0.15) is 0 Å². The standard InChI is InChI=1S/C20H24N2/c1-21-14-16-22(17-15-21)13-12-20(18-8-4-2-5-9-18)19-10-6-3-7-11-19/h2-12H,13-17H2,1H3. The average molecular weight is 292 g/mol. The molecule has 2 aromatic carbocycles. The van der Waals surface area contributed by atoms with Crippen LogP contribution in [-0.4, -0.2) is 49.6 Å². The van der Waals surface area contributed by atoms with Crippen molar-refractivity contribution in [2.45, 2.75) is 0 Å². The van der Waals surface area contributed by atoms with Gasteiger partial charge in [0.2, 0.25) is 0 Å². The van der Waals surface area contributed by atoms with Crippen molar-refractivity contribution in [1.82, 2.24) is 9.80 Å². The molecular weight excluding hydrogens is 268 g/mol. The number of benzene rings is 2. The maximum Gasteiger partial charge on any atom is 0.0173 e.